The Hall–Kier alpha value is -1.85. The summed E-state index contributed by atoms with van der Waals surface area (Å²) in [4.78, 5) is 28.7. The van der Waals surface area contributed by atoms with Gasteiger partial charge in [-0.1, -0.05) is 6.92 Å². The summed E-state index contributed by atoms with van der Waals surface area (Å²) in [5.41, 5.74) is 0.592. The van der Waals surface area contributed by atoms with Gasteiger partial charge in [0.25, 0.3) is 5.91 Å². The molecule has 0 unspecified atom stereocenters. The van der Waals surface area contributed by atoms with Gasteiger partial charge in [-0.3, -0.25) is 14.7 Å². The Morgan fingerprint density at radius 2 is 1.73 bits per heavy atom. The maximum atomic E-state index is 12.6. The van der Waals surface area contributed by atoms with Crippen LogP contribution >= 0.6 is 0 Å². The second kappa shape index (κ2) is 6.50. The first-order valence-electron chi connectivity index (χ1n) is 8.22. The molecule has 22 heavy (non-hydrogen) atoms. The Balaban J connectivity index is 1.51. The predicted octanol–water partition coefficient (Wildman–Crippen LogP) is 1.52. The van der Waals surface area contributed by atoms with Crippen LogP contribution in [-0.4, -0.2) is 58.0 Å². The molecular weight excluding hydrogens is 280 g/mol. The molecule has 1 aromatic heterocycles. The standard InChI is InChI=1S/C16H24N4O2/c1-12-2-6-19(7-3-12)15(21)13-4-8-20(9-5-13)16(22)14-10-17-18-11-14/h10-13H,2-9H2,1H3,(H,17,18). The molecular formula is C16H24N4O2. The van der Waals surface area contributed by atoms with Crippen molar-refractivity contribution in [2.75, 3.05) is 26.2 Å². The molecule has 2 fully saturated rings. The number of carbonyl (C=O) groups is 2. The van der Waals surface area contributed by atoms with Gasteiger partial charge in [-0.2, -0.15) is 5.10 Å². The van der Waals surface area contributed by atoms with E-state index in [1.54, 1.807) is 12.4 Å². The van der Waals surface area contributed by atoms with E-state index in [2.05, 4.69) is 17.1 Å². The monoisotopic (exact) mass is 304 g/mol. The van der Waals surface area contributed by atoms with Gasteiger partial charge in [0.2, 0.25) is 5.91 Å². The molecule has 0 aliphatic carbocycles. The molecule has 0 saturated carbocycles. The molecule has 6 nitrogen and oxygen atoms in total. The van der Waals surface area contributed by atoms with Crippen LogP contribution in [0.3, 0.4) is 0 Å². The van der Waals surface area contributed by atoms with Crippen LogP contribution in [0.1, 0.15) is 43.0 Å². The number of nitrogens with one attached hydrogen (secondary N) is 1. The Morgan fingerprint density at radius 1 is 1.09 bits per heavy atom. The molecule has 0 atom stereocenters. The third-order valence-electron chi connectivity index (χ3n) is 4.97. The number of likely N-dealkylation sites (tertiary alicyclic amines) is 2. The molecule has 120 valence electrons. The minimum absolute atomic E-state index is 0.00597. The first kappa shape index (κ1) is 15.1. The first-order chi connectivity index (χ1) is 10.6. The highest BCUT2D eigenvalue weighted by Crippen LogP contribution is 2.24. The summed E-state index contributed by atoms with van der Waals surface area (Å²) in [5.74, 6) is 1.12. The van der Waals surface area contributed by atoms with E-state index in [1.807, 2.05) is 9.80 Å². The largest absolute Gasteiger partial charge is 0.342 e. The van der Waals surface area contributed by atoms with E-state index in [0.29, 0.717) is 24.6 Å². The van der Waals surface area contributed by atoms with Crippen molar-refractivity contribution in [3.05, 3.63) is 18.0 Å². The van der Waals surface area contributed by atoms with Gasteiger partial charge in [0.05, 0.1) is 11.8 Å². The van der Waals surface area contributed by atoms with E-state index in [-0.39, 0.29) is 11.8 Å². The number of rotatable bonds is 2. The summed E-state index contributed by atoms with van der Waals surface area (Å²) >= 11 is 0. The van der Waals surface area contributed by atoms with Gasteiger partial charge in [0, 0.05) is 38.3 Å². The summed E-state index contributed by atoms with van der Waals surface area (Å²) in [5, 5.41) is 6.48. The summed E-state index contributed by atoms with van der Waals surface area (Å²) in [6, 6.07) is 0. The zero-order valence-corrected chi connectivity index (χ0v) is 13.1. The molecule has 0 radical (unpaired) electrons. The second-order valence-electron chi connectivity index (χ2n) is 6.56. The van der Waals surface area contributed by atoms with Crippen LogP contribution in [0, 0.1) is 11.8 Å². The third-order valence-corrected chi connectivity index (χ3v) is 4.97. The van der Waals surface area contributed by atoms with Gasteiger partial charge in [0.1, 0.15) is 0 Å². The predicted molar refractivity (Wildman–Crippen MR) is 82.2 cm³/mol. The number of aromatic amines is 1. The van der Waals surface area contributed by atoms with E-state index < -0.39 is 0 Å². The molecule has 2 saturated heterocycles. The van der Waals surface area contributed by atoms with Crippen LogP contribution in [0.5, 0.6) is 0 Å². The van der Waals surface area contributed by atoms with Crippen LogP contribution < -0.4 is 0 Å². The quantitative estimate of drug-likeness (QED) is 0.900. The van der Waals surface area contributed by atoms with Crippen LogP contribution in [0.2, 0.25) is 0 Å². The molecule has 3 heterocycles. The van der Waals surface area contributed by atoms with Crippen molar-refractivity contribution in [2.45, 2.75) is 32.6 Å². The highest BCUT2D eigenvalue weighted by molar-refractivity contribution is 5.93. The van der Waals surface area contributed by atoms with Crippen molar-refractivity contribution in [1.82, 2.24) is 20.0 Å². The fourth-order valence-electron chi connectivity index (χ4n) is 3.37. The van der Waals surface area contributed by atoms with Crippen molar-refractivity contribution in [2.24, 2.45) is 11.8 Å². The summed E-state index contributed by atoms with van der Waals surface area (Å²) in [7, 11) is 0. The Labute approximate surface area is 130 Å². The van der Waals surface area contributed by atoms with Crippen molar-refractivity contribution < 1.29 is 9.59 Å². The summed E-state index contributed by atoms with van der Waals surface area (Å²) < 4.78 is 0. The molecule has 0 aromatic carbocycles. The SMILES string of the molecule is CC1CCN(C(=O)C2CCN(C(=O)c3cn[nH]c3)CC2)CC1. The average Bonchev–Trinajstić information content (AvgIpc) is 3.09. The molecule has 2 aliphatic rings. The lowest BCUT2D eigenvalue weighted by molar-refractivity contribution is -0.138. The molecule has 0 bridgehead atoms. The van der Waals surface area contributed by atoms with E-state index in [9.17, 15) is 9.59 Å². The number of aromatic nitrogens is 2. The van der Waals surface area contributed by atoms with Crippen LogP contribution in [0.25, 0.3) is 0 Å². The van der Waals surface area contributed by atoms with E-state index in [0.717, 1.165) is 44.7 Å². The lowest BCUT2D eigenvalue weighted by atomic mass is 9.92. The summed E-state index contributed by atoms with van der Waals surface area (Å²) in [6.07, 6.45) is 6.94. The lowest BCUT2D eigenvalue weighted by Gasteiger charge is -2.36. The summed E-state index contributed by atoms with van der Waals surface area (Å²) in [6.45, 7) is 5.36. The highest BCUT2D eigenvalue weighted by atomic mass is 16.2. The number of hydrogen-bond donors (Lipinski definition) is 1. The fourth-order valence-corrected chi connectivity index (χ4v) is 3.37. The number of nitrogens with zero attached hydrogens (tertiary/aromatic N) is 3. The number of hydrogen-bond acceptors (Lipinski definition) is 3. The Kier molecular flexibility index (Phi) is 4.45. The van der Waals surface area contributed by atoms with Gasteiger partial charge in [-0.15, -0.1) is 0 Å². The minimum atomic E-state index is 0.00597. The molecule has 2 amide bonds. The highest BCUT2D eigenvalue weighted by Gasteiger charge is 2.31. The van der Waals surface area contributed by atoms with Gasteiger partial charge in [-0.25, -0.2) is 0 Å². The zero-order chi connectivity index (χ0) is 15.5. The van der Waals surface area contributed by atoms with Gasteiger partial charge in [0.15, 0.2) is 0 Å². The van der Waals surface area contributed by atoms with Crippen molar-refractivity contribution in [3.8, 4) is 0 Å². The molecule has 3 rings (SSSR count). The smallest absolute Gasteiger partial charge is 0.257 e. The van der Waals surface area contributed by atoms with Crippen molar-refractivity contribution in [1.29, 1.82) is 0 Å². The van der Waals surface area contributed by atoms with E-state index in [4.69, 9.17) is 0 Å². The van der Waals surface area contributed by atoms with Crippen LogP contribution in [0.4, 0.5) is 0 Å². The third kappa shape index (κ3) is 3.15. The number of amides is 2. The van der Waals surface area contributed by atoms with Gasteiger partial charge >= 0.3 is 0 Å². The first-order valence-corrected chi connectivity index (χ1v) is 8.22. The van der Waals surface area contributed by atoms with Gasteiger partial charge in [-0.05, 0) is 31.6 Å². The Morgan fingerprint density at radius 3 is 2.32 bits per heavy atom. The number of piperidine rings is 2. The molecule has 2 aliphatic heterocycles. The average molecular weight is 304 g/mol. The van der Waals surface area contributed by atoms with Crippen LogP contribution in [0.15, 0.2) is 12.4 Å². The normalized spacial score (nSPS) is 21.1. The number of carbonyl (C=O) groups excluding carboxylic acids is 2. The maximum absolute atomic E-state index is 12.6. The zero-order valence-electron chi connectivity index (χ0n) is 13.1. The molecule has 0 spiro atoms. The van der Waals surface area contributed by atoms with Crippen molar-refractivity contribution >= 4 is 11.8 Å². The molecule has 1 N–H and O–H groups in total. The fraction of sp³-hybridized carbons (Fsp3) is 0.688. The topological polar surface area (TPSA) is 69.3 Å². The molecule has 6 heteroatoms. The Bertz CT molecular complexity index is 512. The van der Waals surface area contributed by atoms with E-state index in [1.165, 1.54) is 0 Å². The van der Waals surface area contributed by atoms with Crippen molar-refractivity contribution in [3.63, 3.8) is 0 Å². The van der Waals surface area contributed by atoms with E-state index >= 15 is 0 Å². The van der Waals surface area contributed by atoms with Crippen LogP contribution in [-0.2, 0) is 4.79 Å². The molecule has 1 aromatic rings. The lowest BCUT2D eigenvalue weighted by Crippen LogP contribution is -2.46. The number of H-pyrrole nitrogens is 1. The maximum Gasteiger partial charge on any atom is 0.257 e. The second-order valence-corrected chi connectivity index (χ2v) is 6.56. The minimum Gasteiger partial charge on any atom is -0.342 e. The van der Waals surface area contributed by atoms with Gasteiger partial charge < -0.3 is 9.80 Å².